The molecule has 18 heavy (non-hydrogen) atoms. The van der Waals surface area contributed by atoms with Crippen molar-refractivity contribution in [2.45, 2.75) is 57.5 Å². The predicted octanol–water partition coefficient (Wildman–Crippen LogP) is 2.53. The third kappa shape index (κ3) is 3.04. The molecule has 6 heteroatoms. The molecule has 1 fully saturated rings. The van der Waals surface area contributed by atoms with Gasteiger partial charge >= 0.3 is 0 Å². The van der Waals surface area contributed by atoms with Crippen LogP contribution in [0.1, 0.15) is 50.2 Å². The molecule has 1 aliphatic carbocycles. The van der Waals surface area contributed by atoms with E-state index in [0.29, 0.717) is 11.7 Å². The zero-order valence-corrected chi connectivity index (χ0v) is 10.4. The number of aromatic nitrogens is 2. The van der Waals surface area contributed by atoms with E-state index in [1.807, 2.05) is 0 Å². The molecule has 102 valence electrons. The SMILES string of the molecule is CCC1CCC(c2noc(CC(O)C(F)F)n2)C1. The highest BCUT2D eigenvalue weighted by Gasteiger charge is 2.29. The van der Waals surface area contributed by atoms with Crippen LogP contribution in [0.3, 0.4) is 0 Å². The Morgan fingerprint density at radius 1 is 1.44 bits per heavy atom. The first kappa shape index (κ1) is 13.4. The lowest BCUT2D eigenvalue weighted by atomic mass is 10.0. The van der Waals surface area contributed by atoms with Crippen molar-refractivity contribution in [2.75, 3.05) is 0 Å². The minimum Gasteiger partial charge on any atom is -0.387 e. The summed E-state index contributed by atoms with van der Waals surface area (Å²) in [7, 11) is 0. The maximum absolute atomic E-state index is 12.2. The van der Waals surface area contributed by atoms with Crippen molar-refractivity contribution in [3.8, 4) is 0 Å². The number of aliphatic hydroxyl groups is 1. The Balaban J connectivity index is 1.94. The fourth-order valence-electron chi connectivity index (χ4n) is 2.47. The summed E-state index contributed by atoms with van der Waals surface area (Å²) >= 11 is 0. The number of alkyl halides is 2. The zero-order chi connectivity index (χ0) is 13.1. The molecule has 0 amide bonds. The number of aliphatic hydroxyl groups excluding tert-OH is 1. The standard InChI is InChI=1S/C12H18F2N2O2/c1-2-7-3-4-8(5-7)12-15-10(18-16-12)6-9(17)11(13)14/h7-9,11,17H,2-6H2,1H3. The van der Waals surface area contributed by atoms with Crippen LogP contribution in [0.2, 0.25) is 0 Å². The fraction of sp³-hybridized carbons (Fsp3) is 0.833. The Labute approximate surface area is 104 Å². The highest BCUT2D eigenvalue weighted by atomic mass is 19.3. The summed E-state index contributed by atoms with van der Waals surface area (Å²) in [6.07, 6.45) is -0.437. The van der Waals surface area contributed by atoms with Crippen LogP contribution < -0.4 is 0 Å². The van der Waals surface area contributed by atoms with Gasteiger partial charge in [0.2, 0.25) is 5.89 Å². The first-order valence-corrected chi connectivity index (χ1v) is 6.38. The largest absolute Gasteiger partial charge is 0.387 e. The van der Waals surface area contributed by atoms with Crippen molar-refractivity contribution in [1.29, 1.82) is 0 Å². The molecule has 1 aromatic heterocycles. The molecule has 0 radical (unpaired) electrons. The molecule has 1 N–H and O–H groups in total. The molecule has 1 saturated carbocycles. The fourth-order valence-corrected chi connectivity index (χ4v) is 2.47. The monoisotopic (exact) mass is 260 g/mol. The molecule has 2 rings (SSSR count). The quantitative estimate of drug-likeness (QED) is 0.883. The van der Waals surface area contributed by atoms with Gasteiger partial charge in [0.25, 0.3) is 6.43 Å². The van der Waals surface area contributed by atoms with E-state index in [1.165, 1.54) is 0 Å². The Hall–Kier alpha value is -1.04. The summed E-state index contributed by atoms with van der Waals surface area (Å²) in [6, 6.07) is 0. The summed E-state index contributed by atoms with van der Waals surface area (Å²) in [5, 5.41) is 12.9. The van der Waals surface area contributed by atoms with Crippen LogP contribution in [-0.4, -0.2) is 27.8 Å². The van der Waals surface area contributed by atoms with Crippen LogP contribution in [0.4, 0.5) is 8.78 Å². The van der Waals surface area contributed by atoms with E-state index >= 15 is 0 Å². The average Bonchev–Trinajstić information content (AvgIpc) is 2.96. The van der Waals surface area contributed by atoms with Crippen molar-refractivity contribution in [3.05, 3.63) is 11.7 Å². The predicted molar refractivity (Wildman–Crippen MR) is 60.4 cm³/mol. The Morgan fingerprint density at radius 3 is 2.83 bits per heavy atom. The molecule has 4 nitrogen and oxygen atoms in total. The lowest BCUT2D eigenvalue weighted by molar-refractivity contribution is -0.00754. The van der Waals surface area contributed by atoms with Gasteiger partial charge in [-0.15, -0.1) is 0 Å². The van der Waals surface area contributed by atoms with Crippen LogP contribution in [-0.2, 0) is 6.42 Å². The molecule has 3 unspecified atom stereocenters. The van der Waals surface area contributed by atoms with Gasteiger partial charge in [-0.1, -0.05) is 18.5 Å². The summed E-state index contributed by atoms with van der Waals surface area (Å²) in [5.41, 5.74) is 0. The van der Waals surface area contributed by atoms with Crippen molar-refractivity contribution in [2.24, 2.45) is 5.92 Å². The lowest BCUT2D eigenvalue weighted by Gasteiger charge is -2.05. The highest BCUT2D eigenvalue weighted by Crippen LogP contribution is 2.38. The summed E-state index contributed by atoms with van der Waals surface area (Å²) < 4.78 is 29.3. The Morgan fingerprint density at radius 2 is 2.22 bits per heavy atom. The zero-order valence-electron chi connectivity index (χ0n) is 10.4. The first-order chi connectivity index (χ1) is 8.60. The highest BCUT2D eigenvalue weighted by molar-refractivity contribution is 5.00. The molecular weight excluding hydrogens is 242 g/mol. The maximum Gasteiger partial charge on any atom is 0.264 e. The smallest absolute Gasteiger partial charge is 0.264 e. The molecule has 3 atom stereocenters. The third-order valence-corrected chi connectivity index (χ3v) is 3.64. The minimum absolute atomic E-state index is 0.0951. The van der Waals surface area contributed by atoms with E-state index < -0.39 is 12.5 Å². The number of nitrogens with zero attached hydrogens (tertiary/aromatic N) is 2. The van der Waals surface area contributed by atoms with E-state index in [2.05, 4.69) is 17.1 Å². The van der Waals surface area contributed by atoms with Crippen molar-refractivity contribution in [3.63, 3.8) is 0 Å². The van der Waals surface area contributed by atoms with Crippen LogP contribution in [0.5, 0.6) is 0 Å². The second kappa shape index (κ2) is 5.73. The molecule has 1 aromatic rings. The van der Waals surface area contributed by atoms with E-state index in [0.717, 1.165) is 25.7 Å². The lowest BCUT2D eigenvalue weighted by Crippen LogP contribution is -2.20. The minimum atomic E-state index is -2.78. The summed E-state index contributed by atoms with van der Waals surface area (Å²) in [5.74, 6) is 1.67. The second-order valence-corrected chi connectivity index (χ2v) is 4.94. The maximum atomic E-state index is 12.2. The number of hydrogen-bond acceptors (Lipinski definition) is 4. The number of halogens is 2. The van der Waals surface area contributed by atoms with Gasteiger partial charge in [-0.2, -0.15) is 4.98 Å². The van der Waals surface area contributed by atoms with Crippen LogP contribution in [0.25, 0.3) is 0 Å². The van der Waals surface area contributed by atoms with Crippen molar-refractivity contribution >= 4 is 0 Å². The summed E-state index contributed by atoms with van der Waals surface area (Å²) in [4.78, 5) is 4.11. The molecule has 0 aromatic carbocycles. The van der Waals surface area contributed by atoms with E-state index in [9.17, 15) is 8.78 Å². The van der Waals surface area contributed by atoms with E-state index in [1.54, 1.807) is 0 Å². The molecule has 0 bridgehead atoms. The van der Waals surface area contributed by atoms with Crippen molar-refractivity contribution in [1.82, 2.24) is 10.1 Å². The topological polar surface area (TPSA) is 59.2 Å². The van der Waals surface area contributed by atoms with Gasteiger partial charge in [0.05, 0.1) is 6.42 Å². The van der Waals surface area contributed by atoms with Gasteiger partial charge in [0.15, 0.2) is 5.82 Å². The molecule has 0 aliphatic heterocycles. The normalized spacial score (nSPS) is 25.8. The van der Waals surface area contributed by atoms with Gasteiger partial charge in [0, 0.05) is 5.92 Å². The Bertz CT molecular complexity index is 384. The molecule has 1 heterocycles. The van der Waals surface area contributed by atoms with Gasteiger partial charge in [-0.3, -0.25) is 0 Å². The van der Waals surface area contributed by atoms with Crippen LogP contribution >= 0.6 is 0 Å². The molecular formula is C12H18F2N2O2. The van der Waals surface area contributed by atoms with E-state index in [4.69, 9.17) is 9.63 Å². The first-order valence-electron chi connectivity index (χ1n) is 6.38. The van der Waals surface area contributed by atoms with Gasteiger partial charge in [-0.05, 0) is 25.2 Å². The molecule has 1 aliphatic rings. The van der Waals surface area contributed by atoms with Gasteiger partial charge in [0.1, 0.15) is 6.10 Å². The average molecular weight is 260 g/mol. The molecule has 0 spiro atoms. The summed E-state index contributed by atoms with van der Waals surface area (Å²) in [6.45, 7) is 2.16. The van der Waals surface area contributed by atoms with Gasteiger partial charge < -0.3 is 9.63 Å². The van der Waals surface area contributed by atoms with Gasteiger partial charge in [-0.25, -0.2) is 8.78 Å². The number of rotatable bonds is 5. The second-order valence-electron chi connectivity index (χ2n) is 4.94. The Kier molecular flexibility index (Phi) is 4.27. The third-order valence-electron chi connectivity index (χ3n) is 3.64. The number of hydrogen-bond donors (Lipinski definition) is 1. The van der Waals surface area contributed by atoms with Crippen molar-refractivity contribution < 1.29 is 18.4 Å². The van der Waals surface area contributed by atoms with E-state index in [-0.39, 0.29) is 18.2 Å². The van der Waals surface area contributed by atoms with Crippen LogP contribution in [0.15, 0.2) is 4.52 Å². The molecule has 0 saturated heterocycles. The van der Waals surface area contributed by atoms with Crippen LogP contribution in [0, 0.1) is 5.92 Å².